The van der Waals surface area contributed by atoms with Crippen molar-refractivity contribution in [3.63, 3.8) is 0 Å². The second-order valence-corrected chi connectivity index (χ2v) is 4.93. The maximum Gasteiger partial charge on any atom is 0.238 e. The van der Waals surface area contributed by atoms with Crippen LogP contribution in [-0.2, 0) is 0 Å². The minimum Gasteiger partial charge on any atom is -0.479 e. The zero-order valence-corrected chi connectivity index (χ0v) is 12.1. The van der Waals surface area contributed by atoms with Crippen molar-refractivity contribution in [2.75, 3.05) is 48.8 Å². The van der Waals surface area contributed by atoms with E-state index in [1.807, 2.05) is 36.5 Å². The number of nitrogens with two attached hydrogens (primary N) is 1. The lowest BCUT2D eigenvalue weighted by molar-refractivity contribution is 0.400. The first-order chi connectivity index (χ1) is 10.3. The Balaban J connectivity index is 1.68. The molecule has 0 atom stereocenters. The number of hydrogen-bond acceptors (Lipinski definition) is 6. The van der Waals surface area contributed by atoms with Gasteiger partial charge in [-0.1, -0.05) is 6.07 Å². The summed E-state index contributed by atoms with van der Waals surface area (Å²) >= 11 is 0. The molecule has 2 aromatic rings. The van der Waals surface area contributed by atoms with Gasteiger partial charge in [-0.15, -0.1) is 0 Å². The van der Waals surface area contributed by atoms with Crippen molar-refractivity contribution in [2.24, 2.45) is 0 Å². The number of hydrogen-bond donors (Lipinski definition) is 1. The number of piperazine rings is 1. The summed E-state index contributed by atoms with van der Waals surface area (Å²) in [5.74, 6) is 2.42. The Morgan fingerprint density at radius 1 is 1.00 bits per heavy atom. The second kappa shape index (κ2) is 5.87. The van der Waals surface area contributed by atoms with Crippen LogP contribution in [0, 0.1) is 0 Å². The first-order valence-corrected chi connectivity index (χ1v) is 6.99. The number of pyridine rings is 2. The maximum atomic E-state index is 5.81. The van der Waals surface area contributed by atoms with Crippen molar-refractivity contribution in [1.29, 1.82) is 0 Å². The van der Waals surface area contributed by atoms with E-state index in [2.05, 4.69) is 19.8 Å². The molecule has 0 amide bonds. The summed E-state index contributed by atoms with van der Waals surface area (Å²) < 4.78 is 5.18. The summed E-state index contributed by atoms with van der Waals surface area (Å²) in [6.07, 6.45) is 1.83. The Hall–Kier alpha value is -2.50. The van der Waals surface area contributed by atoms with Crippen LogP contribution in [0.15, 0.2) is 36.5 Å². The van der Waals surface area contributed by atoms with Gasteiger partial charge >= 0.3 is 0 Å². The molecule has 0 unspecified atom stereocenters. The highest BCUT2D eigenvalue weighted by molar-refractivity contribution is 5.55. The fourth-order valence-electron chi connectivity index (χ4n) is 2.49. The van der Waals surface area contributed by atoms with Crippen LogP contribution in [0.4, 0.5) is 17.3 Å². The fraction of sp³-hybridized carbons (Fsp3) is 0.333. The SMILES string of the molecule is COc1nc(N2CCN(c3ccccn3)CC2)ccc1N. The lowest BCUT2D eigenvalue weighted by Gasteiger charge is -2.36. The molecule has 1 saturated heterocycles. The molecule has 6 heteroatoms. The molecule has 110 valence electrons. The number of methoxy groups -OCH3 is 1. The molecule has 0 bridgehead atoms. The van der Waals surface area contributed by atoms with Crippen LogP contribution in [0.3, 0.4) is 0 Å². The van der Waals surface area contributed by atoms with Crippen LogP contribution in [0.5, 0.6) is 5.88 Å². The number of ether oxygens (including phenoxy) is 1. The Morgan fingerprint density at radius 2 is 1.71 bits per heavy atom. The molecule has 0 saturated carbocycles. The van der Waals surface area contributed by atoms with Gasteiger partial charge in [0.1, 0.15) is 11.6 Å². The van der Waals surface area contributed by atoms with Gasteiger partial charge in [0.15, 0.2) is 0 Å². The highest BCUT2D eigenvalue weighted by atomic mass is 16.5. The van der Waals surface area contributed by atoms with Crippen molar-refractivity contribution in [1.82, 2.24) is 9.97 Å². The summed E-state index contributed by atoms with van der Waals surface area (Å²) in [6, 6.07) is 9.77. The highest BCUT2D eigenvalue weighted by Gasteiger charge is 2.19. The minimum atomic E-state index is 0.486. The average Bonchev–Trinajstić information content (AvgIpc) is 2.56. The summed E-state index contributed by atoms with van der Waals surface area (Å²) in [6.45, 7) is 3.64. The zero-order valence-electron chi connectivity index (χ0n) is 12.1. The quantitative estimate of drug-likeness (QED) is 0.919. The molecule has 0 spiro atoms. The maximum absolute atomic E-state index is 5.81. The van der Waals surface area contributed by atoms with Gasteiger partial charge in [-0.25, -0.2) is 4.98 Å². The van der Waals surface area contributed by atoms with Crippen LogP contribution in [-0.4, -0.2) is 43.3 Å². The normalized spacial score (nSPS) is 15.1. The molecule has 2 aromatic heterocycles. The van der Waals surface area contributed by atoms with E-state index in [4.69, 9.17) is 10.5 Å². The monoisotopic (exact) mass is 285 g/mol. The summed E-state index contributed by atoms with van der Waals surface area (Å²) in [7, 11) is 1.58. The molecule has 0 aromatic carbocycles. The predicted octanol–water partition coefficient (Wildman–Crippen LogP) is 1.39. The van der Waals surface area contributed by atoms with E-state index in [1.165, 1.54) is 0 Å². The Morgan fingerprint density at radius 3 is 2.33 bits per heavy atom. The van der Waals surface area contributed by atoms with Crippen molar-refractivity contribution in [3.05, 3.63) is 36.5 Å². The molecule has 21 heavy (non-hydrogen) atoms. The van der Waals surface area contributed by atoms with E-state index < -0.39 is 0 Å². The summed E-state index contributed by atoms with van der Waals surface area (Å²) in [5.41, 5.74) is 6.37. The lowest BCUT2D eigenvalue weighted by atomic mass is 10.3. The van der Waals surface area contributed by atoms with Gasteiger partial charge in [0, 0.05) is 32.4 Å². The Kier molecular flexibility index (Phi) is 3.77. The van der Waals surface area contributed by atoms with Crippen LogP contribution in [0.2, 0.25) is 0 Å². The summed E-state index contributed by atoms with van der Waals surface area (Å²) in [4.78, 5) is 13.4. The number of aromatic nitrogens is 2. The lowest BCUT2D eigenvalue weighted by Crippen LogP contribution is -2.47. The van der Waals surface area contributed by atoms with E-state index in [0.717, 1.165) is 37.8 Å². The van der Waals surface area contributed by atoms with E-state index in [0.29, 0.717) is 11.6 Å². The largest absolute Gasteiger partial charge is 0.479 e. The number of rotatable bonds is 3. The van der Waals surface area contributed by atoms with Crippen molar-refractivity contribution < 1.29 is 4.74 Å². The smallest absolute Gasteiger partial charge is 0.238 e. The average molecular weight is 285 g/mol. The molecule has 3 heterocycles. The number of nitrogens with zero attached hydrogens (tertiary/aromatic N) is 4. The molecule has 1 fully saturated rings. The van der Waals surface area contributed by atoms with Gasteiger partial charge in [0.25, 0.3) is 0 Å². The topological polar surface area (TPSA) is 67.5 Å². The molecule has 6 nitrogen and oxygen atoms in total. The van der Waals surface area contributed by atoms with Crippen LogP contribution < -0.4 is 20.3 Å². The third kappa shape index (κ3) is 2.84. The van der Waals surface area contributed by atoms with Gasteiger partial charge in [0.05, 0.1) is 12.8 Å². The Labute approximate surface area is 124 Å². The van der Waals surface area contributed by atoms with Crippen molar-refractivity contribution in [2.45, 2.75) is 0 Å². The molecule has 0 aliphatic carbocycles. The molecule has 2 N–H and O–H groups in total. The summed E-state index contributed by atoms with van der Waals surface area (Å²) in [5, 5.41) is 0. The van der Waals surface area contributed by atoms with Crippen molar-refractivity contribution in [3.8, 4) is 5.88 Å². The fourth-order valence-corrected chi connectivity index (χ4v) is 2.49. The van der Waals surface area contributed by atoms with Gasteiger partial charge in [0.2, 0.25) is 5.88 Å². The molecule has 1 aliphatic heterocycles. The standard InChI is InChI=1S/C15H19N5O/c1-21-15-12(16)5-6-14(18-15)20-10-8-19(9-11-20)13-4-2-3-7-17-13/h2-7H,8-11,16H2,1H3. The first kappa shape index (κ1) is 13.5. The minimum absolute atomic E-state index is 0.486. The van der Waals surface area contributed by atoms with Crippen LogP contribution in [0.1, 0.15) is 0 Å². The number of nitrogen functional groups attached to an aromatic ring is 1. The van der Waals surface area contributed by atoms with E-state index >= 15 is 0 Å². The second-order valence-electron chi connectivity index (χ2n) is 4.93. The Bertz CT molecular complexity index is 596. The van der Waals surface area contributed by atoms with Crippen molar-refractivity contribution >= 4 is 17.3 Å². The third-order valence-corrected chi connectivity index (χ3v) is 3.65. The number of anilines is 3. The van der Waals surface area contributed by atoms with E-state index in [9.17, 15) is 0 Å². The van der Waals surface area contributed by atoms with Crippen LogP contribution in [0.25, 0.3) is 0 Å². The molecular weight excluding hydrogens is 266 g/mol. The first-order valence-electron chi connectivity index (χ1n) is 6.99. The van der Waals surface area contributed by atoms with Crippen LogP contribution >= 0.6 is 0 Å². The highest BCUT2D eigenvalue weighted by Crippen LogP contribution is 2.24. The van der Waals surface area contributed by atoms with E-state index in [1.54, 1.807) is 7.11 Å². The van der Waals surface area contributed by atoms with E-state index in [-0.39, 0.29) is 0 Å². The molecular formula is C15H19N5O. The molecule has 1 aliphatic rings. The molecule has 0 radical (unpaired) electrons. The van der Waals surface area contributed by atoms with Gasteiger partial charge in [-0.2, -0.15) is 4.98 Å². The van der Waals surface area contributed by atoms with Gasteiger partial charge < -0.3 is 20.3 Å². The zero-order chi connectivity index (χ0) is 14.7. The third-order valence-electron chi connectivity index (χ3n) is 3.65. The van der Waals surface area contributed by atoms with Gasteiger partial charge in [-0.3, -0.25) is 0 Å². The molecule has 3 rings (SSSR count). The van der Waals surface area contributed by atoms with Gasteiger partial charge in [-0.05, 0) is 24.3 Å². The predicted molar refractivity (Wildman–Crippen MR) is 83.9 cm³/mol.